The van der Waals surface area contributed by atoms with Gasteiger partial charge in [-0.05, 0) is 62.4 Å². The topological polar surface area (TPSA) is 12.5 Å². The predicted octanol–water partition coefficient (Wildman–Crippen LogP) is 4.88. The zero-order valence-corrected chi connectivity index (χ0v) is 15.3. The Balaban J connectivity index is 0.00000242. The molecule has 0 saturated carbocycles. The van der Waals surface area contributed by atoms with Crippen LogP contribution in [0.15, 0.2) is 18.2 Å². The summed E-state index contributed by atoms with van der Waals surface area (Å²) in [4.78, 5) is 2.75. The average molecular weight is 326 g/mol. The van der Waals surface area contributed by atoms with Gasteiger partial charge in [0.25, 0.3) is 0 Å². The lowest BCUT2D eigenvalue weighted by molar-refractivity contribution is 0.174. The summed E-state index contributed by atoms with van der Waals surface area (Å²) in [6, 6.07) is 7.26. The number of nitrogens with zero attached hydrogens (tertiary/aromatic N) is 1. The Labute approximate surface area is 142 Å². The molecule has 0 aliphatic heterocycles. The highest BCUT2D eigenvalue weighted by Crippen LogP contribution is 2.31. The minimum absolute atomic E-state index is 0. The Hall–Kier alpha value is -0.730. The molecule has 0 spiro atoms. The maximum Gasteiger partial charge on any atom is 0.122 e. The lowest BCUT2D eigenvalue weighted by Gasteiger charge is -2.35. The fourth-order valence-electron chi connectivity index (χ4n) is 3.46. The fraction of sp³-hybridized carbons (Fsp3) is 0.684. The van der Waals surface area contributed by atoms with Gasteiger partial charge in [-0.15, -0.1) is 12.4 Å². The van der Waals surface area contributed by atoms with Crippen LogP contribution < -0.4 is 4.74 Å². The van der Waals surface area contributed by atoms with Gasteiger partial charge >= 0.3 is 0 Å². The Bertz CT molecular complexity index is 427. The van der Waals surface area contributed by atoms with Crippen LogP contribution in [0.5, 0.6) is 5.75 Å². The van der Waals surface area contributed by atoms with Gasteiger partial charge in [0.15, 0.2) is 0 Å². The Morgan fingerprint density at radius 1 is 1.14 bits per heavy atom. The summed E-state index contributed by atoms with van der Waals surface area (Å²) in [5.74, 6) is 1.08. The first-order valence-corrected chi connectivity index (χ1v) is 8.68. The molecule has 2 rings (SSSR count). The van der Waals surface area contributed by atoms with Crippen LogP contribution in [0.1, 0.15) is 57.1 Å². The summed E-state index contributed by atoms with van der Waals surface area (Å²) in [5, 5.41) is 0. The van der Waals surface area contributed by atoms with Crippen LogP contribution in [-0.4, -0.2) is 31.1 Å². The molecule has 0 radical (unpaired) electrons. The van der Waals surface area contributed by atoms with E-state index in [0.29, 0.717) is 0 Å². The van der Waals surface area contributed by atoms with E-state index in [1.807, 2.05) is 0 Å². The monoisotopic (exact) mass is 325 g/mol. The lowest BCUT2D eigenvalue weighted by Crippen LogP contribution is -2.40. The van der Waals surface area contributed by atoms with Crippen molar-refractivity contribution in [2.75, 3.05) is 20.2 Å². The Morgan fingerprint density at radius 3 is 2.41 bits per heavy atom. The third kappa shape index (κ3) is 4.89. The van der Waals surface area contributed by atoms with Crippen molar-refractivity contribution >= 4 is 12.4 Å². The molecule has 1 aromatic rings. The van der Waals surface area contributed by atoms with Gasteiger partial charge in [0.2, 0.25) is 0 Å². The minimum atomic E-state index is 0. The van der Waals surface area contributed by atoms with Crippen molar-refractivity contribution in [1.29, 1.82) is 0 Å². The van der Waals surface area contributed by atoms with Crippen molar-refractivity contribution in [3.8, 4) is 5.75 Å². The first kappa shape index (κ1) is 19.3. The number of rotatable bonds is 8. The molecule has 0 aromatic heterocycles. The van der Waals surface area contributed by atoms with Crippen LogP contribution >= 0.6 is 12.4 Å². The summed E-state index contributed by atoms with van der Waals surface area (Å²) in [7, 11) is 1.79. The number of halogens is 1. The first-order valence-electron chi connectivity index (χ1n) is 8.68. The standard InChI is InChI=1S/C19H31NO.ClH/c1-4-6-13-20(14-7-5-2)17-11-12-18-16(15-17)9-8-10-19(18)21-3;/h8-10,17H,4-7,11-15H2,1-3H3;1H. The molecule has 1 unspecified atom stereocenters. The largest absolute Gasteiger partial charge is 0.496 e. The summed E-state index contributed by atoms with van der Waals surface area (Å²) >= 11 is 0. The number of ether oxygens (including phenoxy) is 1. The zero-order valence-electron chi connectivity index (χ0n) is 14.4. The van der Waals surface area contributed by atoms with Crippen LogP contribution in [0.3, 0.4) is 0 Å². The second-order valence-electron chi connectivity index (χ2n) is 6.24. The van der Waals surface area contributed by atoms with Gasteiger partial charge in [-0.2, -0.15) is 0 Å². The van der Waals surface area contributed by atoms with E-state index in [-0.39, 0.29) is 12.4 Å². The maximum atomic E-state index is 5.52. The van der Waals surface area contributed by atoms with Gasteiger partial charge in [-0.3, -0.25) is 0 Å². The van der Waals surface area contributed by atoms with Gasteiger partial charge in [0, 0.05) is 6.04 Å². The van der Waals surface area contributed by atoms with E-state index in [9.17, 15) is 0 Å². The van der Waals surface area contributed by atoms with Gasteiger partial charge in [0.05, 0.1) is 7.11 Å². The second-order valence-corrected chi connectivity index (χ2v) is 6.24. The Kier molecular flexibility index (Phi) is 8.89. The molecule has 0 N–H and O–H groups in total. The molecule has 1 aliphatic rings. The van der Waals surface area contributed by atoms with E-state index in [2.05, 4.69) is 36.9 Å². The quantitative estimate of drug-likeness (QED) is 0.675. The highest BCUT2D eigenvalue weighted by molar-refractivity contribution is 5.85. The first-order chi connectivity index (χ1) is 10.3. The van der Waals surface area contributed by atoms with Crippen LogP contribution in [0.2, 0.25) is 0 Å². The highest BCUT2D eigenvalue weighted by atomic mass is 35.5. The average Bonchev–Trinajstić information content (AvgIpc) is 2.54. The molecule has 1 atom stereocenters. The van der Waals surface area contributed by atoms with Crippen molar-refractivity contribution in [3.05, 3.63) is 29.3 Å². The van der Waals surface area contributed by atoms with Crippen molar-refractivity contribution in [1.82, 2.24) is 4.90 Å². The van der Waals surface area contributed by atoms with Crippen LogP contribution in [0.25, 0.3) is 0 Å². The number of benzene rings is 1. The van der Waals surface area contributed by atoms with E-state index in [0.717, 1.165) is 11.8 Å². The molecule has 0 fully saturated rings. The molecule has 0 saturated heterocycles. The SMILES string of the molecule is CCCCN(CCCC)C1CCc2c(cccc2OC)C1.Cl. The second kappa shape index (κ2) is 10.1. The molecule has 0 bridgehead atoms. The van der Waals surface area contributed by atoms with E-state index >= 15 is 0 Å². The van der Waals surface area contributed by atoms with E-state index in [4.69, 9.17) is 4.74 Å². The summed E-state index contributed by atoms with van der Waals surface area (Å²) in [6.45, 7) is 7.11. The van der Waals surface area contributed by atoms with Crippen LogP contribution in [0, 0.1) is 0 Å². The number of methoxy groups -OCH3 is 1. The normalized spacial score (nSPS) is 17.0. The van der Waals surface area contributed by atoms with Gasteiger partial charge in [-0.25, -0.2) is 0 Å². The molecule has 126 valence electrons. The third-order valence-corrected chi connectivity index (χ3v) is 4.75. The van der Waals surface area contributed by atoms with Crippen molar-refractivity contribution in [2.24, 2.45) is 0 Å². The molecular formula is C19H32ClNO. The van der Waals surface area contributed by atoms with Crippen LogP contribution in [-0.2, 0) is 12.8 Å². The van der Waals surface area contributed by atoms with Crippen LogP contribution in [0.4, 0.5) is 0 Å². The van der Waals surface area contributed by atoms with E-state index in [1.165, 1.54) is 69.2 Å². The Morgan fingerprint density at radius 2 is 1.82 bits per heavy atom. The zero-order chi connectivity index (χ0) is 15.1. The fourth-order valence-corrected chi connectivity index (χ4v) is 3.46. The molecule has 1 aromatic carbocycles. The van der Waals surface area contributed by atoms with E-state index in [1.54, 1.807) is 7.11 Å². The van der Waals surface area contributed by atoms with Gasteiger partial charge in [-0.1, -0.05) is 38.8 Å². The highest BCUT2D eigenvalue weighted by Gasteiger charge is 2.25. The van der Waals surface area contributed by atoms with Crippen molar-refractivity contribution in [2.45, 2.75) is 64.8 Å². The van der Waals surface area contributed by atoms with E-state index < -0.39 is 0 Å². The lowest BCUT2D eigenvalue weighted by atomic mass is 9.86. The number of unbranched alkanes of at least 4 members (excludes halogenated alkanes) is 2. The number of fused-ring (bicyclic) bond motifs is 1. The van der Waals surface area contributed by atoms with Crippen molar-refractivity contribution < 1.29 is 4.74 Å². The molecule has 22 heavy (non-hydrogen) atoms. The summed E-state index contributed by atoms with van der Waals surface area (Å²) in [5.41, 5.74) is 2.95. The van der Waals surface area contributed by atoms with Gasteiger partial charge < -0.3 is 9.64 Å². The molecule has 0 amide bonds. The molecule has 1 aliphatic carbocycles. The number of hydrogen-bond donors (Lipinski definition) is 0. The third-order valence-electron chi connectivity index (χ3n) is 4.75. The number of hydrogen-bond acceptors (Lipinski definition) is 2. The smallest absolute Gasteiger partial charge is 0.122 e. The molecular weight excluding hydrogens is 294 g/mol. The van der Waals surface area contributed by atoms with Gasteiger partial charge in [0.1, 0.15) is 5.75 Å². The predicted molar refractivity (Wildman–Crippen MR) is 97.4 cm³/mol. The summed E-state index contributed by atoms with van der Waals surface area (Å²) < 4.78 is 5.52. The molecule has 0 heterocycles. The molecule has 2 nitrogen and oxygen atoms in total. The van der Waals surface area contributed by atoms with Crippen molar-refractivity contribution in [3.63, 3.8) is 0 Å². The maximum absolute atomic E-state index is 5.52. The summed E-state index contributed by atoms with van der Waals surface area (Å²) in [6.07, 6.45) is 8.87. The minimum Gasteiger partial charge on any atom is -0.496 e. The molecule has 3 heteroatoms.